The molecular weight excluding hydrogens is 261 g/mol. The van der Waals surface area contributed by atoms with Crippen LogP contribution in [-0.4, -0.2) is 49.3 Å². The molecule has 2 aliphatic rings. The van der Waals surface area contributed by atoms with Gasteiger partial charge < -0.3 is 14.4 Å². The Balaban J connectivity index is 1.93. The second-order valence-corrected chi connectivity index (χ2v) is 5.52. The molecule has 1 aromatic carbocycles. The molecule has 0 N–H and O–H groups in total. The zero-order valence-electron chi connectivity index (χ0n) is 11.5. The Kier molecular flexibility index (Phi) is 3.48. The van der Waals surface area contributed by atoms with Crippen molar-refractivity contribution in [1.29, 1.82) is 0 Å². The van der Waals surface area contributed by atoms with Gasteiger partial charge in [0.2, 0.25) is 0 Å². The molecule has 4 nitrogen and oxygen atoms in total. The number of halogens is 1. The van der Waals surface area contributed by atoms with E-state index in [-0.39, 0.29) is 11.5 Å². The maximum Gasteiger partial charge on any atom is 0.257 e. The van der Waals surface area contributed by atoms with E-state index in [9.17, 15) is 9.18 Å². The van der Waals surface area contributed by atoms with Gasteiger partial charge in [-0.3, -0.25) is 4.79 Å². The molecule has 0 bridgehead atoms. The molecule has 0 saturated carbocycles. The number of benzene rings is 1. The Morgan fingerprint density at radius 1 is 1.30 bits per heavy atom. The lowest BCUT2D eigenvalue weighted by molar-refractivity contribution is -0.0552. The van der Waals surface area contributed by atoms with E-state index in [2.05, 4.69) is 0 Å². The summed E-state index contributed by atoms with van der Waals surface area (Å²) in [5, 5.41) is 0. The van der Waals surface area contributed by atoms with Crippen molar-refractivity contribution < 1.29 is 18.7 Å². The lowest BCUT2D eigenvalue weighted by Crippen LogP contribution is -2.59. The molecule has 1 spiro atoms. The number of hydrogen-bond donors (Lipinski definition) is 0. The summed E-state index contributed by atoms with van der Waals surface area (Å²) in [4.78, 5) is 14.4. The summed E-state index contributed by atoms with van der Waals surface area (Å²) in [6.07, 6.45) is 0.742. The van der Waals surface area contributed by atoms with Crippen LogP contribution in [0.2, 0.25) is 0 Å². The summed E-state index contributed by atoms with van der Waals surface area (Å²) in [6, 6.07) is 4.62. The van der Waals surface area contributed by atoms with Crippen molar-refractivity contribution in [3.8, 4) is 0 Å². The maximum absolute atomic E-state index is 13.9. The van der Waals surface area contributed by atoms with Gasteiger partial charge >= 0.3 is 0 Å². The topological polar surface area (TPSA) is 38.8 Å². The normalized spacial score (nSPS) is 26.2. The van der Waals surface area contributed by atoms with Gasteiger partial charge in [0.05, 0.1) is 30.9 Å². The van der Waals surface area contributed by atoms with E-state index in [1.165, 1.54) is 6.07 Å². The molecule has 2 heterocycles. The number of amides is 1. The molecule has 0 unspecified atom stereocenters. The number of morpholine rings is 1. The molecular formula is C15H18FNO3. The van der Waals surface area contributed by atoms with Gasteiger partial charge in [0.1, 0.15) is 5.82 Å². The monoisotopic (exact) mass is 279 g/mol. The van der Waals surface area contributed by atoms with E-state index in [0.29, 0.717) is 33.0 Å². The predicted octanol–water partition coefficient (Wildman–Crippen LogP) is 1.77. The quantitative estimate of drug-likeness (QED) is 0.786. The highest BCUT2D eigenvalue weighted by Crippen LogP contribution is 2.31. The molecule has 2 aliphatic heterocycles. The van der Waals surface area contributed by atoms with Crippen molar-refractivity contribution >= 4 is 5.91 Å². The van der Waals surface area contributed by atoms with E-state index in [0.717, 1.165) is 12.0 Å². The van der Waals surface area contributed by atoms with Gasteiger partial charge in [-0.05, 0) is 25.5 Å². The van der Waals surface area contributed by atoms with Gasteiger partial charge in [0.15, 0.2) is 0 Å². The zero-order chi connectivity index (χ0) is 14.2. The second kappa shape index (κ2) is 5.14. The highest BCUT2D eigenvalue weighted by Gasteiger charge is 2.46. The Bertz CT molecular complexity index is 526. The molecule has 0 aromatic heterocycles. The number of aryl methyl sites for hydroxylation is 1. The van der Waals surface area contributed by atoms with Crippen LogP contribution < -0.4 is 0 Å². The molecule has 0 radical (unpaired) electrons. The first kappa shape index (κ1) is 13.5. The molecule has 1 amide bonds. The highest BCUT2D eigenvalue weighted by molar-refractivity contribution is 5.95. The second-order valence-electron chi connectivity index (χ2n) is 5.52. The minimum atomic E-state index is -0.471. The van der Waals surface area contributed by atoms with Crippen molar-refractivity contribution in [2.45, 2.75) is 18.9 Å². The summed E-state index contributed by atoms with van der Waals surface area (Å²) in [5.74, 6) is -0.735. The van der Waals surface area contributed by atoms with Crippen molar-refractivity contribution in [3.63, 3.8) is 0 Å². The number of carbonyl (C=O) groups is 1. The highest BCUT2D eigenvalue weighted by atomic mass is 19.1. The number of carbonyl (C=O) groups excluding carboxylic acids is 1. The average Bonchev–Trinajstić information content (AvgIpc) is 2.90. The van der Waals surface area contributed by atoms with Gasteiger partial charge in [-0.1, -0.05) is 11.6 Å². The molecule has 1 aromatic rings. The van der Waals surface area contributed by atoms with E-state index in [4.69, 9.17) is 9.47 Å². The van der Waals surface area contributed by atoms with Gasteiger partial charge in [-0.25, -0.2) is 4.39 Å². The summed E-state index contributed by atoms with van der Waals surface area (Å²) >= 11 is 0. The molecule has 2 saturated heterocycles. The van der Waals surface area contributed by atoms with Gasteiger partial charge in [-0.15, -0.1) is 0 Å². The van der Waals surface area contributed by atoms with Crippen LogP contribution in [0.3, 0.4) is 0 Å². The molecule has 0 aliphatic carbocycles. The summed E-state index contributed by atoms with van der Waals surface area (Å²) in [6.45, 7) is 4.36. The van der Waals surface area contributed by atoms with Crippen LogP contribution in [-0.2, 0) is 9.47 Å². The van der Waals surface area contributed by atoms with Gasteiger partial charge in [0, 0.05) is 13.2 Å². The number of nitrogens with zero attached hydrogens (tertiary/aromatic N) is 1. The first-order valence-corrected chi connectivity index (χ1v) is 6.86. The van der Waals surface area contributed by atoms with Crippen molar-refractivity contribution in [1.82, 2.24) is 4.90 Å². The van der Waals surface area contributed by atoms with Crippen LogP contribution in [0, 0.1) is 12.7 Å². The molecule has 5 heteroatoms. The number of ether oxygens (including phenoxy) is 2. The summed E-state index contributed by atoms with van der Waals surface area (Å²) in [5.41, 5.74) is 0.587. The minimum absolute atomic E-state index is 0.137. The first-order chi connectivity index (χ1) is 9.62. The Hall–Kier alpha value is -1.46. The lowest BCUT2D eigenvalue weighted by Gasteiger charge is -2.43. The number of rotatable bonds is 1. The van der Waals surface area contributed by atoms with Crippen molar-refractivity contribution in [2.24, 2.45) is 0 Å². The van der Waals surface area contributed by atoms with Crippen LogP contribution in [0.5, 0.6) is 0 Å². The third-order valence-electron chi connectivity index (χ3n) is 4.08. The smallest absolute Gasteiger partial charge is 0.257 e. The molecule has 1 atom stereocenters. The molecule has 108 valence electrons. The van der Waals surface area contributed by atoms with Crippen LogP contribution in [0.1, 0.15) is 22.3 Å². The molecule has 3 rings (SSSR count). The third-order valence-corrected chi connectivity index (χ3v) is 4.08. The van der Waals surface area contributed by atoms with Crippen molar-refractivity contribution in [3.05, 3.63) is 35.1 Å². The van der Waals surface area contributed by atoms with E-state index in [1.54, 1.807) is 17.0 Å². The van der Waals surface area contributed by atoms with E-state index in [1.807, 2.05) is 6.92 Å². The fourth-order valence-electron chi connectivity index (χ4n) is 2.92. The zero-order valence-corrected chi connectivity index (χ0v) is 11.5. The van der Waals surface area contributed by atoms with Crippen LogP contribution in [0.15, 0.2) is 18.2 Å². The Morgan fingerprint density at radius 2 is 2.05 bits per heavy atom. The largest absolute Gasteiger partial charge is 0.379 e. The fourth-order valence-corrected chi connectivity index (χ4v) is 2.92. The van der Waals surface area contributed by atoms with Crippen molar-refractivity contribution in [2.75, 3.05) is 33.0 Å². The first-order valence-electron chi connectivity index (χ1n) is 6.86. The molecule has 2 fully saturated rings. The SMILES string of the molecule is Cc1ccc(F)c(C(=O)N2CCOC[C@@]23CCOC3)c1. The fraction of sp³-hybridized carbons (Fsp3) is 0.533. The maximum atomic E-state index is 13.9. The van der Waals surface area contributed by atoms with Gasteiger partial charge in [-0.2, -0.15) is 0 Å². The Labute approximate surface area is 117 Å². The van der Waals surface area contributed by atoms with Crippen LogP contribution in [0.4, 0.5) is 4.39 Å². The van der Waals surface area contributed by atoms with E-state index < -0.39 is 11.4 Å². The van der Waals surface area contributed by atoms with Crippen LogP contribution in [0.25, 0.3) is 0 Å². The third kappa shape index (κ3) is 2.21. The lowest BCUT2D eigenvalue weighted by atomic mass is 9.94. The average molecular weight is 279 g/mol. The number of hydrogen-bond acceptors (Lipinski definition) is 3. The standard InChI is InChI=1S/C15H18FNO3/c1-11-2-3-13(16)12(8-11)14(18)17-5-7-20-10-15(17)4-6-19-9-15/h2-3,8H,4-7,9-10H2,1H3/t15-/m0/s1. The van der Waals surface area contributed by atoms with E-state index >= 15 is 0 Å². The predicted molar refractivity (Wildman–Crippen MR) is 71.2 cm³/mol. The van der Waals surface area contributed by atoms with Crippen LogP contribution >= 0.6 is 0 Å². The van der Waals surface area contributed by atoms with Gasteiger partial charge in [0.25, 0.3) is 5.91 Å². The summed E-state index contributed by atoms with van der Waals surface area (Å²) in [7, 11) is 0. The molecule has 20 heavy (non-hydrogen) atoms. The summed E-state index contributed by atoms with van der Waals surface area (Å²) < 4.78 is 24.9. The Morgan fingerprint density at radius 3 is 2.80 bits per heavy atom. The minimum Gasteiger partial charge on any atom is -0.379 e.